The number of morpholine rings is 1. The second-order valence-electron chi connectivity index (χ2n) is 4.74. The summed E-state index contributed by atoms with van der Waals surface area (Å²) >= 11 is 0. The van der Waals surface area contributed by atoms with Crippen molar-refractivity contribution < 1.29 is 9.47 Å². The first kappa shape index (κ1) is 13.5. The molecule has 2 unspecified atom stereocenters. The summed E-state index contributed by atoms with van der Waals surface area (Å²) < 4.78 is 10.9. The molecule has 4 nitrogen and oxygen atoms in total. The maximum Gasteiger partial charge on any atom is 0.0894 e. The van der Waals surface area contributed by atoms with Gasteiger partial charge in [0.15, 0.2) is 0 Å². The Kier molecular flexibility index (Phi) is 4.72. The summed E-state index contributed by atoms with van der Waals surface area (Å²) in [4.78, 5) is 2.31. The van der Waals surface area contributed by atoms with Gasteiger partial charge in [-0.3, -0.25) is 4.90 Å². The molecule has 0 aliphatic carbocycles. The molecular formula is C14H22N2O2. The first-order valence-electron chi connectivity index (χ1n) is 6.36. The van der Waals surface area contributed by atoms with Crippen LogP contribution >= 0.6 is 0 Å². The van der Waals surface area contributed by atoms with Crippen LogP contribution < -0.4 is 5.73 Å². The van der Waals surface area contributed by atoms with Gasteiger partial charge in [0.25, 0.3) is 0 Å². The molecule has 0 radical (unpaired) electrons. The van der Waals surface area contributed by atoms with Crippen LogP contribution in [0, 0.1) is 0 Å². The van der Waals surface area contributed by atoms with Crippen LogP contribution in [0.3, 0.4) is 0 Å². The van der Waals surface area contributed by atoms with Crippen LogP contribution in [0.2, 0.25) is 0 Å². The largest absolute Gasteiger partial charge is 0.380 e. The van der Waals surface area contributed by atoms with Gasteiger partial charge in [0.1, 0.15) is 0 Å². The van der Waals surface area contributed by atoms with Gasteiger partial charge in [-0.15, -0.1) is 0 Å². The van der Waals surface area contributed by atoms with E-state index in [1.54, 1.807) is 7.11 Å². The molecule has 4 heteroatoms. The predicted octanol–water partition coefficient (Wildman–Crippen LogP) is 1.16. The fraction of sp³-hybridized carbons (Fsp3) is 0.571. The first-order chi connectivity index (χ1) is 8.76. The van der Waals surface area contributed by atoms with Gasteiger partial charge >= 0.3 is 0 Å². The summed E-state index contributed by atoms with van der Waals surface area (Å²) in [6, 6.07) is 8.75. The summed E-state index contributed by atoms with van der Waals surface area (Å²) in [7, 11) is 3.83. The maximum atomic E-state index is 5.80. The second-order valence-corrected chi connectivity index (χ2v) is 4.74. The SMILES string of the molecule is COCc1ccc(C2C(CN)OCCN2C)cc1. The van der Waals surface area contributed by atoms with E-state index in [1.165, 1.54) is 11.1 Å². The van der Waals surface area contributed by atoms with Crippen LogP contribution in [-0.2, 0) is 16.1 Å². The van der Waals surface area contributed by atoms with E-state index in [2.05, 4.69) is 36.2 Å². The Balaban J connectivity index is 2.16. The van der Waals surface area contributed by atoms with Gasteiger partial charge in [0.2, 0.25) is 0 Å². The highest BCUT2D eigenvalue weighted by atomic mass is 16.5. The fourth-order valence-corrected chi connectivity index (χ4v) is 2.51. The van der Waals surface area contributed by atoms with E-state index in [9.17, 15) is 0 Å². The molecule has 2 atom stereocenters. The summed E-state index contributed by atoms with van der Waals surface area (Å²) in [6.45, 7) is 2.91. The molecule has 18 heavy (non-hydrogen) atoms. The number of hydrogen-bond donors (Lipinski definition) is 1. The molecule has 1 aromatic rings. The van der Waals surface area contributed by atoms with Crippen molar-refractivity contribution in [2.45, 2.75) is 18.8 Å². The molecule has 0 spiro atoms. The van der Waals surface area contributed by atoms with Crippen LogP contribution in [0.5, 0.6) is 0 Å². The average Bonchev–Trinajstić information content (AvgIpc) is 2.40. The van der Waals surface area contributed by atoms with Crippen LogP contribution in [0.1, 0.15) is 17.2 Å². The normalized spacial score (nSPS) is 25.3. The van der Waals surface area contributed by atoms with Gasteiger partial charge in [-0.25, -0.2) is 0 Å². The standard InChI is InChI=1S/C14H22N2O2/c1-16-7-8-18-13(9-15)14(16)12-5-3-11(4-6-12)10-17-2/h3-6,13-14H,7-10,15H2,1-2H3. The first-order valence-corrected chi connectivity index (χ1v) is 6.36. The maximum absolute atomic E-state index is 5.80. The highest BCUT2D eigenvalue weighted by molar-refractivity contribution is 5.26. The van der Waals surface area contributed by atoms with Crippen molar-refractivity contribution in [3.8, 4) is 0 Å². The monoisotopic (exact) mass is 250 g/mol. The van der Waals surface area contributed by atoms with Gasteiger partial charge in [0.05, 0.1) is 25.4 Å². The number of ether oxygens (including phenoxy) is 2. The number of nitrogens with two attached hydrogens (primary N) is 1. The van der Waals surface area contributed by atoms with E-state index in [4.69, 9.17) is 15.2 Å². The Labute approximate surface area is 109 Å². The fourth-order valence-electron chi connectivity index (χ4n) is 2.51. The third kappa shape index (κ3) is 2.90. The highest BCUT2D eigenvalue weighted by Crippen LogP contribution is 2.28. The smallest absolute Gasteiger partial charge is 0.0894 e. The third-order valence-corrected chi connectivity index (χ3v) is 3.47. The molecule has 100 valence electrons. The summed E-state index contributed by atoms with van der Waals surface area (Å²) in [5, 5.41) is 0. The summed E-state index contributed by atoms with van der Waals surface area (Å²) in [6.07, 6.45) is 0.0806. The van der Waals surface area contributed by atoms with E-state index in [0.29, 0.717) is 13.2 Å². The van der Waals surface area contributed by atoms with Crippen LogP contribution in [0.4, 0.5) is 0 Å². The van der Waals surface area contributed by atoms with Crippen LogP contribution in [0.15, 0.2) is 24.3 Å². The van der Waals surface area contributed by atoms with Gasteiger partial charge in [-0.1, -0.05) is 24.3 Å². The lowest BCUT2D eigenvalue weighted by Crippen LogP contribution is -2.46. The lowest BCUT2D eigenvalue weighted by Gasteiger charge is -2.39. The summed E-state index contributed by atoms with van der Waals surface area (Å²) in [5.74, 6) is 0. The van der Waals surface area contributed by atoms with Crippen molar-refractivity contribution in [1.29, 1.82) is 0 Å². The van der Waals surface area contributed by atoms with Gasteiger partial charge in [0, 0.05) is 20.2 Å². The lowest BCUT2D eigenvalue weighted by molar-refractivity contribution is -0.0576. The molecule has 0 saturated carbocycles. The molecule has 1 aliphatic rings. The van der Waals surface area contributed by atoms with Crippen molar-refractivity contribution in [2.24, 2.45) is 5.73 Å². The Morgan fingerprint density at radius 1 is 1.39 bits per heavy atom. The van der Waals surface area contributed by atoms with Gasteiger partial charge < -0.3 is 15.2 Å². The van der Waals surface area contributed by atoms with Crippen molar-refractivity contribution in [3.63, 3.8) is 0 Å². The second kappa shape index (κ2) is 6.29. The molecule has 0 bridgehead atoms. The van der Waals surface area contributed by atoms with Crippen molar-refractivity contribution in [3.05, 3.63) is 35.4 Å². The van der Waals surface area contributed by atoms with Crippen molar-refractivity contribution in [2.75, 3.05) is 33.9 Å². The van der Waals surface area contributed by atoms with E-state index in [0.717, 1.165) is 13.2 Å². The zero-order chi connectivity index (χ0) is 13.0. The zero-order valence-corrected chi connectivity index (χ0v) is 11.1. The lowest BCUT2D eigenvalue weighted by atomic mass is 9.97. The Morgan fingerprint density at radius 2 is 2.11 bits per heavy atom. The number of likely N-dealkylation sites (N-methyl/N-ethyl adjacent to an activating group) is 1. The number of rotatable bonds is 4. The molecule has 1 aromatic carbocycles. The van der Waals surface area contributed by atoms with E-state index in [-0.39, 0.29) is 12.1 Å². The molecule has 1 fully saturated rings. The van der Waals surface area contributed by atoms with Crippen molar-refractivity contribution >= 4 is 0 Å². The number of benzene rings is 1. The zero-order valence-electron chi connectivity index (χ0n) is 11.1. The minimum Gasteiger partial charge on any atom is -0.380 e. The molecule has 2 N–H and O–H groups in total. The molecule has 1 heterocycles. The van der Waals surface area contributed by atoms with Gasteiger partial charge in [-0.05, 0) is 18.2 Å². The van der Waals surface area contributed by atoms with E-state index >= 15 is 0 Å². The average molecular weight is 250 g/mol. The number of methoxy groups -OCH3 is 1. The predicted molar refractivity (Wildman–Crippen MR) is 71.3 cm³/mol. The molecule has 1 aliphatic heterocycles. The van der Waals surface area contributed by atoms with Crippen LogP contribution in [0.25, 0.3) is 0 Å². The number of nitrogens with zero attached hydrogens (tertiary/aromatic N) is 1. The highest BCUT2D eigenvalue weighted by Gasteiger charge is 2.30. The van der Waals surface area contributed by atoms with E-state index in [1.807, 2.05) is 0 Å². The van der Waals surface area contributed by atoms with Crippen LogP contribution in [-0.4, -0.2) is 44.9 Å². The van der Waals surface area contributed by atoms with Gasteiger partial charge in [-0.2, -0.15) is 0 Å². The quantitative estimate of drug-likeness (QED) is 0.871. The molecular weight excluding hydrogens is 228 g/mol. The topological polar surface area (TPSA) is 47.7 Å². The minimum absolute atomic E-state index is 0.0806. The van der Waals surface area contributed by atoms with E-state index < -0.39 is 0 Å². The van der Waals surface area contributed by atoms with Crippen molar-refractivity contribution in [1.82, 2.24) is 4.90 Å². The Morgan fingerprint density at radius 3 is 2.72 bits per heavy atom. The third-order valence-electron chi connectivity index (χ3n) is 3.47. The number of hydrogen-bond acceptors (Lipinski definition) is 4. The summed E-state index contributed by atoms with van der Waals surface area (Å²) in [5.41, 5.74) is 8.24. The minimum atomic E-state index is 0.0806. The molecule has 2 rings (SSSR count). The Bertz CT molecular complexity index is 367. The Hall–Kier alpha value is -0.940. The molecule has 0 aromatic heterocycles. The molecule has 1 saturated heterocycles. The molecule has 0 amide bonds.